The Morgan fingerprint density at radius 3 is 2.59 bits per heavy atom. The van der Waals surface area contributed by atoms with Gasteiger partial charge in [-0.1, -0.05) is 27.7 Å². The van der Waals surface area contributed by atoms with Crippen molar-refractivity contribution in [1.29, 1.82) is 0 Å². The highest BCUT2D eigenvalue weighted by molar-refractivity contribution is 5.79. The summed E-state index contributed by atoms with van der Waals surface area (Å²) in [4.78, 5) is 7.26. The first-order chi connectivity index (χ1) is 10.4. The molecule has 0 bridgehead atoms. The van der Waals surface area contributed by atoms with E-state index in [9.17, 15) is 0 Å². The largest absolute Gasteiger partial charge is 0.379 e. The summed E-state index contributed by atoms with van der Waals surface area (Å²) in [6.45, 7) is 15.8. The van der Waals surface area contributed by atoms with E-state index >= 15 is 0 Å². The Bertz CT molecular complexity index is 338. The Hall–Kier alpha value is -0.810. The van der Waals surface area contributed by atoms with Gasteiger partial charge in [-0.2, -0.15) is 0 Å². The SMILES string of the molecule is CCNC(=NCC(OC)C(C)(C)C)NCC1CCCN1CC. The van der Waals surface area contributed by atoms with E-state index in [4.69, 9.17) is 9.73 Å². The fourth-order valence-electron chi connectivity index (χ4n) is 2.98. The molecule has 1 aliphatic rings. The second-order valence-electron chi connectivity index (χ2n) is 7.12. The zero-order chi connectivity index (χ0) is 16.6. The predicted octanol–water partition coefficient (Wildman–Crippen LogP) is 2.09. The van der Waals surface area contributed by atoms with E-state index in [0.29, 0.717) is 12.6 Å². The van der Waals surface area contributed by atoms with Crippen molar-refractivity contribution in [2.75, 3.05) is 39.8 Å². The highest BCUT2D eigenvalue weighted by Crippen LogP contribution is 2.21. The van der Waals surface area contributed by atoms with E-state index < -0.39 is 0 Å². The number of nitrogens with one attached hydrogen (secondary N) is 2. The molecule has 0 aromatic carbocycles. The lowest BCUT2D eigenvalue weighted by Crippen LogP contribution is -2.45. The van der Waals surface area contributed by atoms with Crippen molar-refractivity contribution in [2.24, 2.45) is 10.4 Å². The first kappa shape index (κ1) is 19.2. The van der Waals surface area contributed by atoms with Crippen LogP contribution in [0.15, 0.2) is 4.99 Å². The van der Waals surface area contributed by atoms with Crippen LogP contribution in [0.3, 0.4) is 0 Å². The van der Waals surface area contributed by atoms with Gasteiger partial charge >= 0.3 is 0 Å². The monoisotopic (exact) mass is 312 g/mol. The number of hydrogen-bond donors (Lipinski definition) is 2. The van der Waals surface area contributed by atoms with Crippen LogP contribution in [0, 0.1) is 5.41 Å². The smallest absolute Gasteiger partial charge is 0.191 e. The average molecular weight is 313 g/mol. The minimum atomic E-state index is 0.0973. The lowest BCUT2D eigenvalue weighted by atomic mass is 9.89. The Morgan fingerprint density at radius 2 is 2.05 bits per heavy atom. The van der Waals surface area contributed by atoms with Crippen LogP contribution in [0.25, 0.3) is 0 Å². The minimum absolute atomic E-state index is 0.0973. The number of nitrogens with zero attached hydrogens (tertiary/aromatic N) is 2. The van der Waals surface area contributed by atoms with Gasteiger partial charge < -0.3 is 15.4 Å². The number of methoxy groups -OCH3 is 1. The quantitative estimate of drug-likeness (QED) is 0.558. The van der Waals surface area contributed by atoms with Crippen molar-refractivity contribution in [3.63, 3.8) is 0 Å². The fraction of sp³-hybridized carbons (Fsp3) is 0.941. The van der Waals surface area contributed by atoms with Crippen molar-refractivity contribution in [3.8, 4) is 0 Å². The highest BCUT2D eigenvalue weighted by atomic mass is 16.5. The third kappa shape index (κ3) is 6.13. The van der Waals surface area contributed by atoms with Gasteiger partial charge in [-0.25, -0.2) is 0 Å². The summed E-state index contributed by atoms with van der Waals surface area (Å²) in [7, 11) is 1.77. The number of likely N-dealkylation sites (tertiary alicyclic amines) is 1. The number of ether oxygens (including phenoxy) is 1. The zero-order valence-corrected chi connectivity index (χ0v) is 15.4. The number of likely N-dealkylation sites (N-methyl/N-ethyl adjacent to an activating group) is 1. The van der Waals surface area contributed by atoms with Crippen LogP contribution in [0.1, 0.15) is 47.5 Å². The molecule has 1 rings (SSSR count). The van der Waals surface area contributed by atoms with Crippen LogP contribution in [0.2, 0.25) is 0 Å². The van der Waals surface area contributed by atoms with Crippen LogP contribution >= 0.6 is 0 Å². The number of hydrogen-bond acceptors (Lipinski definition) is 3. The molecule has 5 nitrogen and oxygen atoms in total. The number of aliphatic imine (C=N–C) groups is 1. The predicted molar refractivity (Wildman–Crippen MR) is 94.5 cm³/mol. The normalized spacial score (nSPS) is 21.9. The van der Waals surface area contributed by atoms with Crippen LogP contribution < -0.4 is 10.6 Å². The topological polar surface area (TPSA) is 48.9 Å². The number of guanidine groups is 1. The Balaban J connectivity index is 2.55. The molecule has 22 heavy (non-hydrogen) atoms. The Kier molecular flexibility index (Phi) is 8.18. The molecule has 0 spiro atoms. The van der Waals surface area contributed by atoms with Gasteiger partial charge in [0.15, 0.2) is 5.96 Å². The maximum atomic E-state index is 5.58. The molecule has 0 aromatic heterocycles. The van der Waals surface area contributed by atoms with Crippen LogP contribution in [0.5, 0.6) is 0 Å². The second kappa shape index (κ2) is 9.36. The molecule has 1 heterocycles. The molecular weight excluding hydrogens is 276 g/mol. The molecule has 0 amide bonds. The van der Waals surface area contributed by atoms with Gasteiger partial charge in [-0.05, 0) is 38.3 Å². The molecule has 1 fully saturated rings. The summed E-state index contributed by atoms with van der Waals surface area (Å²) in [6, 6.07) is 0.634. The zero-order valence-electron chi connectivity index (χ0n) is 15.4. The summed E-state index contributed by atoms with van der Waals surface area (Å²) in [6.07, 6.45) is 2.72. The van der Waals surface area contributed by atoms with Crippen molar-refractivity contribution >= 4 is 5.96 Å². The first-order valence-corrected chi connectivity index (χ1v) is 8.71. The summed E-state index contributed by atoms with van der Waals surface area (Å²) in [5.41, 5.74) is 0.0973. The molecule has 2 unspecified atom stereocenters. The van der Waals surface area contributed by atoms with Crippen LogP contribution in [0.4, 0.5) is 0 Å². The molecule has 2 atom stereocenters. The summed E-state index contributed by atoms with van der Waals surface area (Å²) >= 11 is 0. The van der Waals surface area contributed by atoms with E-state index in [2.05, 4.69) is 50.2 Å². The van der Waals surface area contributed by atoms with Crippen LogP contribution in [-0.2, 0) is 4.74 Å². The molecule has 0 aliphatic carbocycles. The van der Waals surface area contributed by atoms with E-state index in [1.807, 2.05) is 0 Å². The van der Waals surface area contributed by atoms with Crippen molar-refractivity contribution in [3.05, 3.63) is 0 Å². The molecule has 1 aliphatic heterocycles. The lowest BCUT2D eigenvalue weighted by Gasteiger charge is -2.28. The molecule has 1 saturated heterocycles. The van der Waals surface area contributed by atoms with Gasteiger partial charge in [0.2, 0.25) is 0 Å². The van der Waals surface area contributed by atoms with E-state index in [-0.39, 0.29) is 11.5 Å². The second-order valence-corrected chi connectivity index (χ2v) is 7.12. The highest BCUT2D eigenvalue weighted by Gasteiger charge is 2.25. The van der Waals surface area contributed by atoms with Gasteiger partial charge in [-0.3, -0.25) is 9.89 Å². The van der Waals surface area contributed by atoms with Gasteiger partial charge in [0.1, 0.15) is 0 Å². The van der Waals surface area contributed by atoms with Gasteiger partial charge in [-0.15, -0.1) is 0 Å². The van der Waals surface area contributed by atoms with Gasteiger partial charge in [0, 0.05) is 26.2 Å². The summed E-state index contributed by atoms with van der Waals surface area (Å²) in [5.74, 6) is 0.900. The lowest BCUT2D eigenvalue weighted by molar-refractivity contribution is 0.0241. The van der Waals surface area contributed by atoms with Gasteiger partial charge in [0.05, 0.1) is 12.6 Å². The molecule has 0 radical (unpaired) electrons. The van der Waals surface area contributed by atoms with Crippen molar-refractivity contribution < 1.29 is 4.74 Å². The van der Waals surface area contributed by atoms with E-state index in [1.165, 1.54) is 19.4 Å². The molecule has 130 valence electrons. The molecule has 2 N–H and O–H groups in total. The Morgan fingerprint density at radius 1 is 1.32 bits per heavy atom. The Labute approximate surface area is 136 Å². The van der Waals surface area contributed by atoms with E-state index in [0.717, 1.165) is 25.6 Å². The molecular formula is C17H36N4O. The number of rotatable bonds is 7. The van der Waals surface area contributed by atoms with Crippen molar-refractivity contribution in [2.45, 2.75) is 59.6 Å². The van der Waals surface area contributed by atoms with E-state index in [1.54, 1.807) is 7.11 Å². The maximum absolute atomic E-state index is 5.58. The third-order valence-corrected chi connectivity index (χ3v) is 4.42. The first-order valence-electron chi connectivity index (χ1n) is 8.71. The summed E-state index contributed by atoms with van der Waals surface area (Å²) in [5, 5.41) is 6.83. The van der Waals surface area contributed by atoms with Gasteiger partial charge in [0.25, 0.3) is 0 Å². The standard InChI is InChI=1S/C17H36N4O/c1-7-18-16(20-13-15(22-6)17(3,4)5)19-12-14-10-9-11-21(14)8-2/h14-15H,7-13H2,1-6H3,(H2,18,19,20). The molecule has 0 aromatic rings. The molecule has 0 saturated carbocycles. The molecule has 5 heteroatoms. The van der Waals surface area contributed by atoms with Crippen LogP contribution in [-0.4, -0.2) is 62.8 Å². The van der Waals surface area contributed by atoms with Crippen molar-refractivity contribution in [1.82, 2.24) is 15.5 Å². The maximum Gasteiger partial charge on any atom is 0.191 e. The fourth-order valence-corrected chi connectivity index (χ4v) is 2.98. The third-order valence-electron chi connectivity index (χ3n) is 4.42. The summed E-state index contributed by atoms with van der Waals surface area (Å²) < 4.78 is 5.58. The average Bonchev–Trinajstić information content (AvgIpc) is 2.91. The minimum Gasteiger partial charge on any atom is -0.379 e.